The summed E-state index contributed by atoms with van der Waals surface area (Å²) in [7, 11) is 0. The van der Waals surface area contributed by atoms with Gasteiger partial charge in [-0.05, 0) is 61.2 Å². The Morgan fingerprint density at radius 1 is 1.25 bits per heavy atom. The summed E-state index contributed by atoms with van der Waals surface area (Å²) in [5.41, 5.74) is 5.02. The fourth-order valence-electron chi connectivity index (χ4n) is 5.04. The van der Waals surface area contributed by atoms with Crippen molar-refractivity contribution < 1.29 is 0 Å². The molecule has 0 saturated carbocycles. The molecule has 2 N–H and O–H groups in total. The number of aromatic nitrogens is 1. The van der Waals surface area contributed by atoms with E-state index in [0.29, 0.717) is 12.1 Å². The lowest BCUT2D eigenvalue weighted by Crippen LogP contribution is -2.43. The Morgan fingerprint density at radius 2 is 2.00 bits per heavy atom. The molecule has 0 aliphatic carbocycles. The van der Waals surface area contributed by atoms with Crippen molar-refractivity contribution in [2.24, 2.45) is 5.41 Å². The zero-order chi connectivity index (χ0) is 20.5. The minimum Gasteiger partial charge on any atom is -0.362 e. The topological polar surface area (TPSA) is 37.0 Å². The Kier molecular flexibility index (Phi) is 5.67. The molecular formula is C25H35N3. The van der Waals surface area contributed by atoms with Gasteiger partial charge in [-0.1, -0.05) is 52.5 Å². The van der Waals surface area contributed by atoms with Gasteiger partial charge in [0.25, 0.3) is 0 Å². The molecule has 0 bridgehead atoms. The van der Waals surface area contributed by atoms with Crippen LogP contribution in [0.25, 0.3) is 0 Å². The zero-order valence-corrected chi connectivity index (χ0v) is 18.2. The molecule has 3 nitrogen and oxygen atoms in total. The molecule has 28 heavy (non-hydrogen) atoms. The van der Waals surface area contributed by atoms with Crippen LogP contribution in [0.3, 0.4) is 0 Å². The number of rotatable bonds is 5. The van der Waals surface area contributed by atoms with Gasteiger partial charge < -0.3 is 10.6 Å². The van der Waals surface area contributed by atoms with E-state index in [-0.39, 0.29) is 16.7 Å². The van der Waals surface area contributed by atoms with E-state index in [9.17, 15) is 0 Å². The highest BCUT2D eigenvalue weighted by molar-refractivity contribution is 5.60. The van der Waals surface area contributed by atoms with Crippen molar-refractivity contribution in [3.63, 3.8) is 0 Å². The van der Waals surface area contributed by atoms with E-state index in [1.807, 2.05) is 12.3 Å². The van der Waals surface area contributed by atoms with Crippen LogP contribution >= 0.6 is 0 Å². The molecule has 1 aromatic carbocycles. The van der Waals surface area contributed by atoms with Crippen molar-refractivity contribution in [3.05, 3.63) is 72.2 Å². The average molecular weight is 378 g/mol. The number of anilines is 1. The van der Waals surface area contributed by atoms with Crippen LogP contribution in [0, 0.1) is 12.3 Å². The third kappa shape index (κ3) is 3.86. The van der Waals surface area contributed by atoms with Gasteiger partial charge in [0.05, 0.1) is 0 Å². The second-order valence-corrected chi connectivity index (χ2v) is 9.69. The van der Waals surface area contributed by atoms with Crippen LogP contribution in [0.2, 0.25) is 0 Å². The van der Waals surface area contributed by atoms with Crippen molar-refractivity contribution >= 4 is 5.69 Å². The smallest absolute Gasteiger partial charge is 0.0459 e. The number of nitrogens with one attached hydrogen (secondary N) is 2. The summed E-state index contributed by atoms with van der Waals surface area (Å²) >= 11 is 0. The minimum absolute atomic E-state index is 0.0971. The number of hydrogen-bond donors (Lipinski definition) is 2. The van der Waals surface area contributed by atoms with Gasteiger partial charge in [-0.15, -0.1) is 0 Å². The Bertz CT molecular complexity index is 821. The predicted octanol–water partition coefficient (Wildman–Crippen LogP) is 5.78. The largest absolute Gasteiger partial charge is 0.362 e. The molecule has 3 rings (SSSR count). The van der Waals surface area contributed by atoms with Crippen molar-refractivity contribution in [2.45, 2.75) is 71.4 Å². The number of hydrogen-bond acceptors (Lipinski definition) is 3. The molecule has 1 aromatic heterocycles. The lowest BCUT2D eigenvalue weighted by atomic mass is 9.64. The van der Waals surface area contributed by atoms with Crippen LogP contribution in [0.15, 0.2) is 55.4 Å². The first-order valence-electron chi connectivity index (χ1n) is 10.3. The quantitative estimate of drug-likeness (QED) is 0.693. The van der Waals surface area contributed by atoms with Gasteiger partial charge in [0.1, 0.15) is 0 Å². The molecule has 0 spiro atoms. The predicted molar refractivity (Wildman–Crippen MR) is 120 cm³/mol. The SMILES string of the molecule is C=CNc1cc(C)ccc1C1(C)C(c2ccccn2)C(C)N[C@@H]1CC(C)(C)C. The maximum absolute atomic E-state index is 4.78. The van der Waals surface area contributed by atoms with Crippen LogP contribution in [-0.4, -0.2) is 17.1 Å². The highest BCUT2D eigenvalue weighted by Crippen LogP contribution is 2.52. The van der Waals surface area contributed by atoms with Crippen LogP contribution in [0.1, 0.15) is 63.8 Å². The molecular weight excluding hydrogens is 342 g/mol. The Morgan fingerprint density at radius 3 is 2.61 bits per heavy atom. The highest BCUT2D eigenvalue weighted by atomic mass is 15.0. The minimum atomic E-state index is -0.0971. The van der Waals surface area contributed by atoms with Gasteiger partial charge in [0, 0.05) is 41.0 Å². The third-order valence-electron chi connectivity index (χ3n) is 6.17. The average Bonchev–Trinajstić information content (AvgIpc) is 2.85. The van der Waals surface area contributed by atoms with Crippen molar-refractivity contribution in [1.82, 2.24) is 10.3 Å². The van der Waals surface area contributed by atoms with E-state index >= 15 is 0 Å². The van der Waals surface area contributed by atoms with E-state index in [0.717, 1.165) is 17.8 Å². The number of pyridine rings is 1. The maximum atomic E-state index is 4.78. The van der Waals surface area contributed by atoms with E-state index in [4.69, 9.17) is 4.98 Å². The Balaban J connectivity index is 2.20. The maximum Gasteiger partial charge on any atom is 0.0459 e. The van der Waals surface area contributed by atoms with Gasteiger partial charge in [-0.25, -0.2) is 0 Å². The normalized spacial score (nSPS) is 27.6. The molecule has 3 unspecified atom stereocenters. The second kappa shape index (κ2) is 7.71. The van der Waals surface area contributed by atoms with Crippen LogP contribution in [0.4, 0.5) is 5.69 Å². The molecule has 3 heteroatoms. The lowest BCUT2D eigenvalue weighted by Gasteiger charge is -2.40. The molecule has 0 amide bonds. The van der Waals surface area contributed by atoms with Crippen LogP contribution in [-0.2, 0) is 5.41 Å². The van der Waals surface area contributed by atoms with Crippen LogP contribution in [0.5, 0.6) is 0 Å². The first kappa shape index (κ1) is 20.6. The third-order valence-corrected chi connectivity index (χ3v) is 6.17. The fraction of sp³-hybridized carbons (Fsp3) is 0.480. The molecule has 1 aliphatic heterocycles. The van der Waals surface area contributed by atoms with Gasteiger partial charge in [0.2, 0.25) is 0 Å². The van der Waals surface area contributed by atoms with Crippen molar-refractivity contribution in [3.8, 4) is 0 Å². The standard InChI is InChI=1S/C25H35N3/c1-8-26-21-15-17(2)12-13-19(21)25(7)22(16-24(4,5)6)28-18(3)23(25)20-11-9-10-14-27-20/h8-15,18,22-23,26,28H,1,16H2,2-7H3/t18?,22-,23?,25?/m1/s1. The number of aryl methyl sites for hydroxylation is 1. The molecule has 4 atom stereocenters. The van der Waals surface area contributed by atoms with Gasteiger partial charge in [-0.3, -0.25) is 4.98 Å². The van der Waals surface area contributed by atoms with Crippen molar-refractivity contribution in [1.29, 1.82) is 0 Å². The molecule has 0 radical (unpaired) electrons. The van der Waals surface area contributed by atoms with E-state index in [1.165, 1.54) is 11.1 Å². The summed E-state index contributed by atoms with van der Waals surface area (Å²) in [5.74, 6) is 0.286. The summed E-state index contributed by atoms with van der Waals surface area (Å²) in [6.07, 6.45) is 4.79. The number of benzene rings is 1. The van der Waals surface area contributed by atoms with E-state index in [2.05, 4.69) is 89.1 Å². The second-order valence-electron chi connectivity index (χ2n) is 9.69. The fourth-order valence-corrected chi connectivity index (χ4v) is 5.04. The monoisotopic (exact) mass is 377 g/mol. The Labute approximate surface area is 170 Å². The molecule has 2 heterocycles. The van der Waals surface area contributed by atoms with Gasteiger partial charge >= 0.3 is 0 Å². The molecule has 150 valence electrons. The first-order chi connectivity index (χ1) is 13.2. The van der Waals surface area contributed by atoms with Crippen molar-refractivity contribution in [2.75, 3.05) is 5.32 Å². The summed E-state index contributed by atoms with van der Waals surface area (Å²) < 4.78 is 0. The van der Waals surface area contributed by atoms with E-state index in [1.54, 1.807) is 6.20 Å². The summed E-state index contributed by atoms with van der Waals surface area (Å²) in [4.78, 5) is 4.78. The van der Waals surface area contributed by atoms with Gasteiger partial charge in [-0.2, -0.15) is 0 Å². The van der Waals surface area contributed by atoms with Crippen LogP contribution < -0.4 is 10.6 Å². The van der Waals surface area contributed by atoms with E-state index < -0.39 is 0 Å². The summed E-state index contributed by atoms with van der Waals surface area (Å²) in [6.45, 7) is 17.7. The van der Waals surface area contributed by atoms with Gasteiger partial charge in [0.15, 0.2) is 0 Å². The highest BCUT2D eigenvalue weighted by Gasteiger charge is 2.53. The Hall–Kier alpha value is -2.13. The number of nitrogens with zero attached hydrogens (tertiary/aromatic N) is 1. The molecule has 1 saturated heterocycles. The molecule has 1 aliphatic rings. The zero-order valence-electron chi connectivity index (χ0n) is 18.2. The summed E-state index contributed by atoms with van der Waals surface area (Å²) in [6, 6.07) is 13.7. The summed E-state index contributed by atoms with van der Waals surface area (Å²) in [5, 5.41) is 7.34. The molecule has 2 aromatic rings. The lowest BCUT2D eigenvalue weighted by molar-refractivity contribution is 0.260. The molecule has 1 fully saturated rings. The first-order valence-corrected chi connectivity index (χ1v) is 10.3.